The molecule has 3 aliphatic rings. The van der Waals surface area contributed by atoms with Crippen molar-refractivity contribution in [3.05, 3.63) is 0 Å². The van der Waals surface area contributed by atoms with Crippen LogP contribution in [0.1, 0.15) is 66.2 Å². The van der Waals surface area contributed by atoms with Crippen molar-refractivity contribution in [3.63, 3.8) is 0 Å². The molecule has 3 aliphatic carbocycles. The summed E-state index contributed by atoms with van der Waals surface area (Å²) in [6.45, 7) is 10.3. The van der Waals surface area contributed by atoms with E-state index >= 15 is 0 Å². The Morgan fingerprint density at radius 1 is 0.867 bits per heavy atom. The van der Waals surface area contributed by atoms with Gasteiger partial charge in [0, 0.05) is 0 Å². The third-order valence-corrected chi connectivity index (χ3v) is 6.88. The summed E-state index contributed by atoms with van der Waals surface area (Å²) in [7, 11) is 0. The first-order chi connectivity index (χ1) is 6.89. The highest BCUT2D eigenvalue weighted by molar-refractivity contribution is 5.14. The van der Waals surface area contributed by atoms with Crippen LogP contribution in [0.2, 0.25) is 0 Å². The lowest BCUT2D eigenvalue weighted by atomic mass is 9.65. The molecule has 0 spiro atoms. The number of rotatable bonds is 0. The van der Waals surface area contributed by atoms with Crippen LogP contribution in [-0.4, -0.2) is 0 Å². The third kappa shape index (κ3) is 1.04. The van der Waals surface area contributed by atoms with Crippen LogP contribution in [0.25, 0.3) is 0 Å². The first kappa shape index (κ1) is 10.2. The van der Waals surface area contributed by atoms with Crippen molar-refractivity contribution in [3.8, 4) is 0 Å². The Kier molecular flexibility index (Phi) is 1.78. The second-order valence-corrected chi connectivity index (χ2v) is 7.78. The van der Waals surface area contributed by atoms with E-state index in [0.29, 0.717) is 16.2 Å². The van der Waals surface area contributed by atoms with Crippen molar-refractivity contribution in [2.24, 2.45) is 28.1 Å². The summed E-state index contributed by atoms with van der Waals surface area (Å²) in [5.41, 5.74) is 2.02. The highest BCUT2D eigenvalue weighted by Crippen LogP contribution is 2.74. The summed E-state index contributed by atoms with van der Waals surface area (Å²) in [6.07, 6.45) is 9.03. The Morgan fingerprint density at radius 3 is 2.33 bits per heavy atom. The maximum absolute atomic E-state index is 2.62. The van der Waals surface area contributed by atoms with Crippen LogP contribution < -0.4 is 0 Å². The Labute approximate surface area is 94.8 Å². The molecule has 0 aromatic rings. The molecule has 86 valence electrons. The number of hydrogen-bond acceptors (Lipinski definition) is 0. The molecule has 0 radical (unpaired) electrons. The van der Waals surface area contributed by atoms with Crippen LogP contribution in [0.4, 0.5) is 0 Å². The second kappa shape index (κ2) is 2.63. The Bertz CT molecular complexity index is 290. The summed E-state index contributed by atoms with van der Waals surface area (Å²) in [6, 6.07) is 0. The maximum atomic E-state index is 2.62. The molecule has 15 heavy (non-hydrogen) atoms. The van der Waals surface area contributed by atoms with Crippen molar-refractivity contribution in [2.45, 2.75) is 66.2 Å². The van der Waals surface area contributed by atoms with Gasteiger partial charge < -0.3 is 0 Å². The summed E-state index contributed by atoms with van der Waals surface area (Å²) in [5, 5.41) is 0. The molecule has 3 fully saturated rings. The molecule has 3 rings (SSSR count). The molecule has 0 heteroatoms. The van der Waals surface area contributed by atoms with Crippen molar-refractivity contribution in [1.29, 1.82) is 0 Å². The Hall–Kier alpha value is 0. The van der Waals surface area contributed by atoms with Crippen LogP contribution >= 0.6 is 0 Å². The average molecular weight is 206 g/mol. The van der Waals surface area contributed by atoms with E-state index in [1.807, 2.05) is 0 Å². The molecule has 0 nitrogen and oxygen atoms in total. The normalized spacial score (nSPS) is 56.8. The number of hydrogen-bond donors (Lipinski definition) is 0. The van der Waals surface area contributed by atoms with E-state index in [2.05, 4.69) is 27.7 Å². The minimum Gasteiger partial charge on any atom is -0.0596 e. The van der Waals surface area contributed by atoms with Gasteiger partial charge >= 0.3 is 0 Å². The Morgan fingerprint density at radius 2 is 1.60 bits per heavy atom. The first-order valence-corrected chi connectivity index (χ1v) is 6.89. The fourth-order valence-electron chi connectivity index (χ4n) is 5.54. The van der Waals surface area contributed by atoms with Gasteiger partial charge in [0.15, 0.2) is 0 Å². The summed E-state index contributed by atoms with van der Waals surface area (Å²) in [5.74, 6) is 2.09. The molecule has 0 aliphatic heterocycles. The van der Waals surface area contributed by atoms with E-state index in [9.17, 15) is 0 Å². The van der Waals surface area contributed by atoms with E-state index in [-0.39, 0.29) is 0 Å². The Balaban J connectivity index is 2.06. The maximum Gasteiger partial charge on any atom is -0.0241 e. The highest BCUT2D eigenvalue weighted by Gasteiger charge is 2.65. The lowest BCUT2D eigenvalue weighted by Crippen LogP contribution is -2.30. The van der Waals surface area contributed by atoms with Crippen molar-refractivity contribution in [2.75, 3.05) is 0 Å². The van der Waals surface area contributed by atoms with E-state index in [0.717, 1.165) is 11.8 Å². The molecule has 3 saturated carbocycles. The molecule has 4 unspecified atom stereocenters. The van der Waals surface area contributed by atoms with Gasteiger partial charge in [0.05, 0.1) is 0 Å². The predicted octanol–water partition coefficient (Wildman–Crippen LogP) is 4.64. The van der Waals surface area contributed by atoms with Crippen molar-refractivity contribution < 1.29 is 0 Å². The van der Waals surface area contributed by atoms with E-state index < -0.39 is 0 Å². The van der Waals surface area contributed by atoms with Gasteiger partial charge in [-0.15, -0.1) is 0 Å². The van der Waals surface area contributed by atoms with Gasteiger partial charge in [-0.2, -0.15) is 0 Å². The molecule has 4 atom stereocenters. The fraction of sp³-hybridized carbons (Fsp3) is 1.00. The van der Waals surface area contributed by atoms with Crippen LogP contribution in [0.5, 0.6) is 0 Å². The minimum absolute atomic E-state index is 0.626. The standard InChI is InChI=1S/C15H26/c1-13(2)7-5-8-15(4)11-6-9-14(15,3)10-12(11)13/h11-12H,5-10H2,1-4H3. The van der Waals surface area contributed by atoms with E-state index in [1.165, 1.54) is 38.5 Å². The minimum atomic E-state index is 0.626. The van der Waals surface area contributed by atoms with Gasteiger partial charge in [-0.1, -0.05) is 34.1 Å². The highest BCUT2D eigenvalue weighted by atomic mass is 14.7. The first-order valence-electron chi connectivity index (χ1n) is 6.89. The summed E-state index contributed by atoms with van der Waals surface area (Å²) >= 11 is 0. The molecule has 0 aromatic heterocycles. The van der Waals surface area contributed by atoms with Crippen LogP contribution in [0.3, 0.4) is 0 Å². The molecule has 4 bridgehead atoms. The molecule has 0 saturated heterocycles. The van der Waals surface area contributed by atoms with E-state index in [1.54, 1.807) is 0 Å². The van der Waals surface area contributed by atoms with Crippen LogP contribution in [0.15, 0.2) is 0 Å². The zero-order valence-electron chi connectivity index (χ0n) is 10.9. The summed E-state index contributed by atoms with van der Waals surface area (Å²) in [4.78, 5) is 0. The summed E-state index contributed by atoms with van der Waals surface area (Å²) < 4.78 is 0. The van der Waals surface area contributed by atoms with Gasteiger partial charge in [-0.05, 0) is 60.2 Å². The monoisotopic (exact) mass is 206 g/mol. The second-order valence-electron chi connectivity index (χ2n) is 7.78. The zero-order chi connectivity index (χ0) is 10.9. The predicted molar refractivity (Wildman–Crippen MR) is 64.7 cm³/mol. The van der Waals surface area contributed by atoms with Crippen LogP contribution in [-0.2, 0) is 0 Å². The molecular formula is C15H26. The van der Waals surface area contributed by atoms with Gasteiger partial charge in [-0.3, -0.25) is 0 Å². The largest absolute Gasteiger partial charge is 0.0596 e. The van der Waals surface area contributed by atoms with E-state index in [4.69, 9.17) is 0 Å². The lowest BCUT2D eigenvalue weighted by molar-refractivity contribution is 0.0989. The lowest BCUT2D eigenvalue weighted by Gasteiger charge is -2.40. The average Bonchev–Trinajstić information content (AvgIpc) is 2.46. The molecule has 0 N–H and O–H groups in total. The van der Waals surface area contributed by atoms with Gasteiger partial charge in [-0.25, -0.2) is 0 Å². The smallest absolute Gasteiger partial charge is 0.0241 e. The quantitative estimate of drug-likeness (QED) is 0.541. The topological polar surface area (TPSA) is 0 Å². The molecule has 0 heterocycles. The van der Waals surface area contributed by atoms with Gasteiger partial charge in [0.2, 0.25) is 0 Å². The van der Waals surface area contributed by atoms with Gasteiger partial charge in [0.1, 0.15) is 0 Å². The zero-order valence-corrected chi connectivity index (χ0v) is 10.9. The van der Waals surface area contributed by atoms with Crippen molar-refractivity contribution in [1.82, 2.24) is 0 Å². The third-order valence-electron chi connectivity index (χ3n) is 6.88. The fourth-order valence-corrected chi connectivity index (χ4v) is 5.54. The van der Waals surface area contributed by atoms with Crippen molar-refractivity contribution >= 4 is 0 Å². The molecule has 0 amide bonds. The molecular weight excluding hydrogens is 180 g/mol. The molecule has 0 aromatic carbocycles. The van der Waals surface area contributed by atoms with Gasteiger partial charge in [0.25, 0.3) is 0 Å². The SMILES string of the molecule is CC1(C)CCCC2(C)C3CCC2(C)CC31. The van der Waals surface area contributed by atoms with Crippen LogP contribution in [0, 0.1) is 28.1 Å².